The molecule has 4 aromatic rings. The van der Waals surface area contributed by atoms with Crippen molar-refractivity contribution in [3.8, 4) is 22.6 Å². The summed E-state index contributed by atoms with van der Waals surface area (Å²) in [6.45, 7) is 0. The number of hydrogen-bond donors (Lipinski definition) is 0. The van der Waals surface area contributed by atoms with Crippen LogP contribution >= 0.6 is 31.9 Å². The molecule has 0 fully saturated rings. The maximum Gasteiger partial charge on any atom is 2.00 e. The maximum absolute atomic E-state index is 12.9. The number of benzene rings is 4. The largest absolute Gasteiger partial charge is 2.00 e. The van der Waals surface area contributed by atoms with Gasteiger partial charge in [-0.05, 0) is 44.8 Å². The van der Waals surface area contributed by atoms with Gasteiger partial charge in [-0.2, -0.15) is 0 Å². The predicted molar refractivity (Wildman–Crippen MR) is 101 cm³/mol. The fourth-order valence-electron chi connectivity index (χ4n) is 3.09. The number of halogens is 2. The van der Waals surface area contributed by atoms with Crippen LogP contribution < -0.4 is 10.2 Å². The fourth-order valence-corrected chi connectivity index (χ4v) is 3.97. The minimum Gasteiger partial charge on any atom is -0.871 e. The van der Waals surface area contributed by atoms with Crippen LogP contribution in [-0.2, 0) is 19.5 Å². The van der Waals surface area contributed by atoms with E-state index in [1.807, 2.05) is 48.5 Å². The van der Waals surface area contributed by atoms with E-state index >= 15 is 0 Å². The first-order valence-electron chi connectivity index (χ1n) is 7.35. The molecular weight excluding hydrogens is 497 g/mol. The molecule has 0 unspecified atom stereocenters. The molecule has 4 aromatic carbocycles. The van der Waals surface area contributed by atoms with E-state index in [-0.39, 0.29) is 31.0 Å². The zero-order chi connectivity index (χ0) is 16.8. The van der Waals surface area contributed by atoms with Crippen molar-refractivity contribution in [2.75, 3.05) is 0 Å². The first-order valence-corrected chi connectivity index (χ1v) is 8.93. The third kappa shape index (κ3) is 2.99. The maximum atomic E-state index is 12.9. The van der Waals surface area contributed by atoms with Crippen LogP contribution in [0.1, 0.15) is 0 Å². The molecule has 0 N–H and O–H groups in total. The Morgan fingerprint density at radius 3 is 1.36 bits per heavy atom. The molecule has 0 radical (unpaired) electrons. The Labute approximate surface area is 174 Å². The minimum atomic E-state index is -0.172. The van der Waals surface area contributed by atoms with Crippen molar-refractivity contribution in [1.82, 2.24) is 0 Å². The summed E-state index contributed by atoms with van der Waals surface area (Å²) in [5, 5.41) is 29.2. The van der Waals surface area contributed by atoms with Gasteiger partial charge in [0.2, 0.25) is 0 Å². The van der Waals surface area contributed by atoms with Crippen molar-refractivity contribution in [2.24, 2.45) is 0 Å². The van der Waals surface area contributed by atoms with Gasteiger partial charge in [-0.15, -0.1) is 0 Å². The Morgan fingerprint density at radius 2 is 0.960 bits per heavy atom. The second-order valence-electron chi connectivity index (χ2n) is 5.57. The van der Waals surface area contributed by atoms with Crippen molar-refractivity contribution in [3.63, 3.8) is 0 Å². The van der Waals surface area contributed by atoms with Crippen LogP contribution in [0, 0.1) is 0 Å². The molecule has 2 nitrogen and oxygen atoms in total. The molecule has 0 saturated heterocycles. The van der Waals surface area contributed by atoms with Gasteiger partial charge >= 0.3 is 19.5 Å². The van der Waals surface area contributed by atoms with Gasteiger partial charge in [0.15, 0.2) is 0 Å². The topological polar surface area (TPSA) is 46.1 Å². The van der Waals surface area contributed by atoms with Crippen molar-refractivity contribution < 1.29 is 29.7 Å². The van der Waals surface area contributed by atoms with Crippen LogP contribution in [0.2, 0.25) is 0 Å². The first kappa shape index (κ1) is 18.4. The molecular formula is C20H10Br2O2Zn. The van der Waals surface area contributed by atoms with Gasteiger partial charge in [-0.3, -0.25) is 0 Å². The van der Waals surface area contributed by atoms with Gasteiger partial charge in [-0.1, -0.05) is 91.9 Å². The van der Waals surface area contributed by atoms with Crippen LogP contribution in [0.15, 0.2) is 69.6 Å². The summed E-state index contributed by atoms with van der Waals surface area (Å²) >= 11 is 6.69. The van der Waals surface area contributed by atoms with Crippen LogP contribution in [0.5, 0.6) is 11.5 Å². The van der Waals surface area contributed by atoms with Crippen molar-refractivity contribution in [2.45, 2.75) is 0 Å². The van der Waals surface area contributed by atoms with Gasteiger partial charge in [0.25, 0.3) is 0 Å². The predicted octanol–water partition coefficient (Wildman–Crippen LogP) is 5.33. The van der Waals surface area contributed by atoms with E-state index in [1.54, 1.807) is 12.1 Å². The van der Waals surface area contributed by atoms with Gasteiger partial charge < -0.3 is 10.2 Å². The van der Waals surface area contributed by atoms with E-state index in [0.29, 0.717) is 20.1 Å². The molecule has 25 heavy (non-hydrogen) atoms. The summed E-state index contributed by atoms with van der Waals surface area (Å²) in [6.07, 6.45) is 0. The molecule has 0 aromatic heterocycles. The molecule has 4 rings (SSSR count). The summed E-state index contributed by atoms with van der Waals surface area (Å²) in [5.41, 5.74) is 0.893. The zero-order valence-electron chi connectivity index (χ0n) is 13.1. The Balaban J connectivity index is 0.00000182. The third-order valence-corrected chi connectivity index (χ3v) is 5.34. The second kappa shape index (κ2) is 7.07. The van der Waals surface area contributed by atoms with Crippen LogP contribution in [0.3, 0.4) is 0 Å². The Morgan fingerprint density at radius 1 is 0.600 bits per heavy atom. The van der Waals surface area contributed by atoms with E-state index in [9.17, 15) is 10.2 Å². The van der Waals surface area contributed by atoms with E-state index in [1.165, 1.54) is 0 Å². The SMILES string of the molecule is [O-]c1c(Br)cc2ccccc2c1-c1c([O-])c(Br)cc2ccccc12.[Zn+2]. The molecule has 0 aliphatic heterocycles. The Bertz CT molecular complexity index is 1020. The van der Waals surface area contributed by atoms with Crippen LogP contribution in [0.25, 0.3) is 32.7 Å². The molecule has 0 amide bonds. The van der Waals surface area contributed by atoms with Gasteiger partial charge in [0.1, 0.15) is 0 Å². The number of fused-ring (bicyclic) bond motifs is 2. The first-order chi connectivity index (χ1) is 11.6. The van der Waals surface area contributed by atoms with E-state index in [2.05, 4.69) is 31.9 Å². The zero-order valence-corrected chi connectivity index (χ0v) is 19.2. The molecule has 5 heteroatoms. The molecule has 0 bridgehead atoms. The van der Waals surface area contributed by atoms with E-state index in [0.717, 1.165) is 21.5 Å². The molecule has 0 spiro atoms. The summed E-state index contributed by atoms with van der Waals surface area (Å²) in [4.78, 5) is 0. The van der Waals surface area contributed by atoms with Gasteiger partial charge in [-0.25, -0.2) is 0 Å². The van der Waals surface area contributed by atoms with Gasteiger partial charge in [0, 0.05) is 8.95 Å². The molecule has 0 atom stereocenters. The smallest absolute Gasteiger partial charge is 0.871 e. The molecule has 0 aliphatic rings. The molecule has 0 heterocycles. The Hall–Kier alpha value is -1.42. The Kier molecular flexibility index (Phi) is 5.19. The number of hydrogen-bond acceptors (Lipinski definition) is 2. The standard InChI is InChI=1S/C20H12Br2O2.Zn/c21-15-9-11-5-1-3-7-13(11)17(19(15)23)18-14-8-4-2-6-12(14)10-16(22)20(18)24;/h1-10,23-24H;/q;+2/p-2. The van der Waals surface area contributed by atoms with E-state index < -0.39 is 0 Å². The van der Waals surface area contributed by atoms with Crippen molar-refractivity contribution in [1.29, 1.82) is 0 Å². The van der Waals surface area contributed by atoms with Crippen molar-refractivity contribution in [3.05, 3.63) is 69.6 Å². The summed E-state index contributed by atoms with van der Waals surface area (Å²) in [6, 6.07) is 18.8. The monoisotopic (exact) mass is 504 g/mol. The minimum absolute atomic E-state index is 0. The molecule has 0 aliphatic carbocycles. The summed E-state index contributed by atoms with van der Waals surface area (Å²) in [7, 11) is 0. The summed E-state index contributed by atoms with van der Waals surface area (Å²) in [5.74, 6) is -0.344. The van der Waals surface area contributed by atoms with Crippen LogP contribution in [-0.4, -0.2) is 0 Å². The second-order valence-corrected chi connectivity index (χ2v) is 7.28. The average molecular weight is 507 g/mol. The van der Waals surface area contributed by atoms with E-state index in [4.69, 9.17) is 0 Å². The number of rotatable bonds is 1. The molecule has 118 valence electrons. The summed E-state index contributed by atoms with van der Waals surface area (Å²) < 4.78 is 0.916. The molecule has 0 saturated carbocycles. The average Bonchev–Trinajstić information content (AvgIpc) is 2.58. The van der Waals surface area contributed by atoms with Crippen LogP contribution in [0.4, 0.5) is 0 Å². The third-order valence-electron chi connectivity index (χ3n) is 4.16. The quantitative estimate of drug-likeness (QED) is 0.327. The van der Waals surface area contributed by atoms with Crippen molar-refractivity contribution >= 4 is 53.4 Å². The van der Waals surface area contributed by atoms with Gasteiger partial charge in [0.05, 0.1) is 0 Å². The normalized spacial score (nSPS) is 10.8. The fraction of sp³-hybridized carbons (Fsp3) is 0.